The lowest BCUT2D eigenvalue weighted by molar-refractivity contribution is -0.126. The Morgan fingerprint density at radius 2 is 2.00 bits per heavy atom. The molecule has 3 nitrogen and oxygen atoms in total. The molecule has 112 valence electrons. The third-order valence-electron chi connectivity index (χ3n) is 3.52. The first-order chi connectivity index (χ1) is 10.0. The Bertz CT molecular complexity index is 564. The summed E-state index contributed by atoms with van der Waals surface area (Å²) in [6.07, 6.45) is 1.56. The quantitative estimate of drug-likeness (QED) is 0.858. The van der Waals surface area contributed by atoms with E-state index in [-0.39, 0.29) is 11.9 Å². The topological polar surface area (TPSA) is 55.1 Å². The Labute approximate surface area is 130 Å². The largest absolute Gasteiger partial charge is 0.343 e. The van der Waals surface area contributed by atoms with Gasteiger partial charge >= 0.3 is 0 Å². The van der Waals surface area contributed by atoms with Crippen molar-refractivity contribution in [2.45, 2.75) is 38.3 Å². The van der Waals surface area contributed by atoms with E-state index in [2.05, 4.69) is 5.32 Å². The van der Waals surface area contributed by atoms with Gasteiger partial charge in [-0.15, -0.1) is 11.3 Å². The molecule has 4 heteroatoms. The van der Waals surface area contributed by atoms with Crippen LogP contribution in [0.4, 0.5) is 0 Å². The van der Waals surface area contributed by atoms with Crippen molar-refractivity contribution < 1.29 is 4.79 Å². The van der Waals surface area contributed by atoms with E-state index in [0.29, 0.717) is 6.42 Å². The molecule has 21 heavy (non-hydrogen) atoms. The molecule has 0 saturated carbocycles. The predicted molar refractivity (Wildman–Crippen MR) is 88.2 cm³/mol. The van der Waals surface area contributed by atoms with Crippen LogP contribution in [0.5, 0.6) is 0 Å². The molecular weight excluding hydrogens is 280 g/mol. The van der Waals surface area contributed by atoms with Crippen LogP contribution >= 0.6 is 11.3 Å². The molecule has 0 saturated heterocycles. The van der Waals surface area contributed by atoms with E-state index >= 15 is 0 Å². The third-order valence-corrected chi connectivity index (χ3v) is 4.46. The highest BCUT2D eigenvalue weighted by Gasteiger charge is 2.30. The highest BCUT2D eigenvalue weighted by molar-refractivity contribution is 7.10. The summed E-state index contributed by atoms with van der Waals surface area (Å²) in [7, 11) is 0. The molecule has 1 amide bonds. The van der Waals surface area contributed by atoms with Gasteiger partial charge in [-0.3, -0.25) is 4.79 Å². The van der Waals surface area contributed by atoms with E-state index in [0.717, 1.165) is 16.9 Å². The summed E-state index contributed by atoms with van der Waals surface area (Å²) in [4.78, 5) is 13.6. The molecule has 1 aromatic carbocycles. The van der Waals surface area contributed by atoms with Crippen molar-refractivity contribution in [3.63, 3.8) is 0 Å². The summed E-state index contributed by atoms with van der Waals surface area (Å²) in [5, 5.41) is 5.13. The molecule has 0 aliphatic heterocycles. The average Bonchev–Trinajstić information content (AvgIpc) is 2.99. The Morgan fingerprint density at radius 3 is 2.57 bits per heavy atom. The summed E-state index contributed by atoms with van der Waals surface area (Å²) in [5.41, 5.74) is 6.38. The number of hydrogen-bond acceptors (Lipinski definition) is 3. The lowest BCUT2D eigenvalue weighted by Crippen LogP contribution is -2.52. The van der Waals surface area contributed by atoms with Crippen LogP contribution in [0.25, 0.3) is 0 Å². The third kappa shape index (κ3) is 3.93. The SMILES string of the molecule is CCCC(C)(N)C(=O)NC(c1ccccc1)c1cccs1. The smallest absolute Gasteiger partial charge is 0.240 e. The van der Waals surface area contributed by atoms with Gasteiger partial charge in [-0.25, -0.2) is 0 Å². The van der Waals surface area contributed by atoms with Crippen molar-refractivity contribution in [2.75, 3.05) is 0 Å². The van der Waals surface area contributed by atoms with Crippen molar-refractivity contribution in [3.8, 4) is 0 Å². The summed E-state index contributed by atoms with van der Waals surface area (Å²) >= 11 is 1.64. The van der Waals surface area contributed by atoms with Crippen LogP contribution in [0.1, 0.15) is 43.2 Å². The molecule has 0 spiro atoms. The molecular formula is C17H22N2OS. The Kier molecular flexibility index (Phi) is 5.15. The molecule has 2 rings (SSSR count). The van der Waals surface area contributed by atoms with Gasteiger partial charge in [0.25, 0.3) is 0 Å². The number of carbonyl (C=O) groups is 1. The van der Waals surface area contributed by atoms with E-state index < -0.39 is 5.54 Å². The lowest BCUT2D eigenvalue weighted by atomic mass is 9.95. The van der Waals surface area contributed by atoms with Crippen LogP contribution in [-0.2, 0) is 4.79 Å². The molecule has 0 aliphatic rings. The number of nitrogens with two attached hydrogens (primary N) is 1. The number of amides is 1. The standard InChI is InChI=1S/C17H22N2OS/c1-3-11-17(2,18)16(20)19-15(14-10-7-12-21-14)13-8-5-4-6-9-13/h4-10,12,15H,3,11,18H2,1-2H3,(H,19,20). The molecule has 2 unspecified atom stereocenters. The Morgan fingerprint density at radius 1 is 1.29 bits per heavy atom. The number of hydrogen-bond donors (Lipinski definition) is 2. The molecule has 0 bridgehead atoms. The molecule has 0 aliphatic carbocycles. The first-order valence-corrected chi connectivity index (χ1v) is 8.10. The van der Waals surface area contributed by atoms with E-state index in [1.165, 1.54) is 0 Å². The molecule has 3 N–H and O–H groups in total. The van der Waals surface area contributed by atoms with Crippen LogP contribution in [-0.4, -0.2) is 11.4 Å². The molecule has 1 heterocycles. The molecule has 2 atom stereocenters. The van der Waals surface area contributed by atoms with Crippen molar-refractivity contribution in [2.24, 2.45) is 5.73 Å². The number of benzene rings is 1. The van der Waals surface area contributed by atoms with Gasteiger partial charge in [0.2, 0.25) is 5.91 Å². The Balaban J connectivity index is 2.24. The lowest BCUT2D eigenvalue weighted by Gasteiger charge is -2.27. The van der Waals surface area contributed by atoms with Gasteiger partial charge < -0.3 is 11.1 Å². The fraction of sp³-hybridized carbons (Fsp3) is 0.353. The molecule has 0 radical (unpaired) electrons. The fourth-order valence-corrected chi connectivity index (χ4v) is 3.15. The summed E-state index contributed by atoms with van der Waals surface area (Å²) in [5.74, 6) is -0.105. The zero-order valence-corrected chi connectivity index (χ0v) is 13.3. The predicted octanol–water partition coefficient (Wildman–Crippen LogP) is 3.47. The molecule has 1 aromatic heterocycles. The number of thiophene rings is 1. The fourth-order valence-electron chi connectivity index (χ4n) is 2.35. The minimum Gasteiger partial charge on any atom is -0.343 e. The van der Waals surface area contributed by atoms with Gasteiger partial charge in [0.05, 0.1) is 11.6 Å². The summed E-state index contributed by atoms with van der Waals surface area (Å²) in [6.45, 7) is 3.83. The van der Waals surface area contributed by atoms with Gasteiger partial charge in [0.15, 0.2) is 0 Å². The minimum atomic E-state index is -0.834. The van der Waals surface area contributed by atoms with Crippen molar-refractivity contribution in [1.82, 2.24) is 5.32 Å². The van der Waals surface area contributed by atoms with Gasteiger partial charge in [-0.05, 0) is 30.4 Å². The summed E-state index contributed by atoms with van der Waals surface area (Å²) < 4.78 is 0. The van der Waals surface area contributed by atoms with Crippen LogP contribution in [0.2, 0.25) is 0 Å². The maximum absolute atomic E-state index is 12.5. The molecule has 0 fully saturated rings. The zero-order valence-electron chi connectivity index (χ0n) is 12.5. The number of rotatable bonds is 6. The van der Waals surface area contributed by atoms with Crippen molar-refractivity contribution in [1.29, 1.82) is 0 Å². The molecule has 2 aromatic rings. The maximum Gasteiger partial charge on any atom is 0.240 e. The highest BCUT2D eigenvalue weighted by atomic mass is 32.1. The first-order valence-electron chi connectivity index (χ1n) is 7.23. The Hall–Kier alpha value is -1.65. The maximum atomic E-state index is 12.5. The number of carbonyl (C=O) groups excluding carboxylic acids is 1. The highest BCUT2D eigenvalue weighted by Crippen LogP contribution is 2.26. The van der Waals surface area contributed by atoms with E-state index in [9.17, 15) is 4.79 Å². The second-order valence-electron chi connectivity index (χ2n) is 5.50. The second kappa shape index (κ2) is 6.87. The van der Waals surface area contributed by atoms with Crippen LogP contribution in [0.3, 0.4) is 0 Å². The van der Waals surface area contributed by atoms with Crippen LogP contribution in [0, 0.1) is 0 Å². The zero-order chi connectivity index (χ0) is 15.3. The minimum absolute atomic E-state index is 0.105. The van der Waals surface area contributed by atoms with Gasteiger partial charge in [0, 0.05) is 4.88 Å². The van der Waals surface area contributed by atoms with Gasteiger partial charge in [0.1, 0.15) is 0 Å². The average molecular weight is 302 g/mol. The van der Waals surface area contributed by atoms with E-state index in [1.807, 2.05) is 54.8 Å². The number of nitrogens with one attached hydrogen (secondary N) is 1. The van der Waals surface area contributed by atoms with Crippen molar-refractivity contribution in [3.05, 3.63) is 58.3 Å². The van der Waals surface area contributed by atoms with Gasteiger partial charge in [-0.2, -0.15) is 0 Å². The van der Waals surface area contributed by atoms with Crippen LogP contribution in [0.15, 0.2) is 47.8 Å². The van der Waals surface area contributed by atoms with Crippen LogP contribution < -0.4 is 11.1 Å². The first kappa shape index (κ1) is 15.7. The second-order valence-corrected chi connectivity index (χ2v) is 6.48. The normalized spacial score (nSPS) is 15.2. The van der Waals surface area contributed by atoms with E-state index in [4.69, 9.17) is 5.73 Å². The van der Waals surface area contributed by atoms with E-state index in [1.54, 1.807) is 18.3 Å². The monoisotopic (exact) mass is 302 g/mol. The summed E-state index contributed by atoms with van der Waals surface area (Å²) in [6, 6.07) is 13.9. The van der Waals surface area contributed by atoms with Crippen molar-refractivity contribution >= 4 is 17.2 Å². The van der Waals surface area contributed by atoms with Gasteiger partial charge in [-0.1, -0.05) is 49.7 Å².